The van der Waals surface area contributed by atoms with Crippen molar-refractivity contribution in [3.63, 3.8) is 0 Å². The molecule has 6 nitrogen and oxygen atoms in total. The molecule has 1 aromatic carbocycles. The summed E-state index contributed by atoms with van der Waals surface area (Å²) in [6, 6.07) is 6.65. The van der Waals surface area contributed by atoms with Crippen LogP contribution in [0.2, 0.25) is 0 Å². The van der Waals surface area contributed by atoms with Gasteiger partial charge < -0.3 is 9.64 Å². The molecule has 1 aromatic rings. The third kappa shape index (κ3) is 3.96. The maximum atomic E-state index is 12.2. The zero-order chi connectivity index (χ0) is 16.3. The molecule has 1 fully saturated rings. The summed E-state index contributed by atoms with van der Waals surface area (Å²) in [5.74, 6) is -0.469. The van der Waals surface area contributed by atoms with Gasteiger partial charge in [0.2, 0.25) is 0 Å². The fourth-order valence-corrected chi connectivity index (χ4v) is 2.66. The smallest absolute Gasteiger partial charge is 0.311 e. The van der Waals surface area contributed by atoms with E-state index in [1.165, 1.54) is 6.07 Å². The molecule has 0 saturated carbocycles. The van der Waals surface area contributed by atoms with Gasteiger partial charge in [0.05, 0.1) is 10.8 Å². The predicted molar refractivity (Wildman–Crippen MR) is 83.9 cm³/mol. The van der Waals surface area contributed by atoms with Crippen LogP contribution in [-0.4, -0.2) is 29.6 Å². The van der Waals surface area contributed by atoms with E-state index in [0.717, 1.165) is 12.8 Å². The zero-order valence-electron chi connectivity index (χ0n) is 13.2. The number of benzene rings is 1. The molecule has 0 radical (unpaired) electrons. The first kappa shape index (κ1) is 16.3. The highest BCUT2D eigenvalue weighted by molar-refractivity contribution is 5.75. The largest absolute Gasteiger partial charge is 0.460 e. The summed E-state index contributed by atoms with van der Waals surface area (Å²) in [7, 11) is 0. The summed E-state index contributed by atoms with van der Waals surface area (Å²) in [6.07, 6.45) is 1.57. The van der Waals surface area contributed by atoms with E-state index in [1.54, 1.807) is 18.2 Å². The van der Waals surface area contributed by atoms with Crippen LogP contribution in [0.3, 0.4) is 0 Å². The Balaban J connectivity index is 2.14. The van der Waals surface area contributed by atoms with Gasteiger partial charge in [0.25, 0.3) is 5.69 Å². The van der Waals surface area contributed by atoms with Gasteiger partial charge in [-0.05, 0) is 39.7 Å². The molecule has 0 amide bonds. The molecule has 120 valence electrons. The van der Waals surface area contributed by atoms with Crippen LogP contribution >= 0.6 is 0 Å². The molecule has 6 heteroatoms. The number of esters is 1. The van der Waals surface area contributed by atoms with E-state index in [0.29, 0.717) is 18.8 Å². The Morgan fingerprint density at radius 3 is 2.68 bits per heavy atom. The highest BCUT2D eigenvalue weighted by Gasteiger charge is 2.31. The Morgan fingerprint density at radius 2 is 2.05 bits per heavy atom. The SMILES string of the molecule is CC(C)(C)OC(=O)C1CCCN(c2ccccc2[N+](=O)[O-])C1. The van der Waals surface area contributed by atoms with Crippen LogP contribution in [0.15, 0.2) is 24.3 Å². The first-order chi connectivity index (χ1) is 10.3. The van der Waals surface area contributed by atoms with E-state index in [1.807, 2.05) is 25.7 Å². The highest BCUT2D eigenvalue weighted by atomic mass is 16.6. The van der Waals surface area contributed by atoms with E-state index in [-0.39, 0.29) is 22.5 Å². The van der Waals surface area contributed by atoms with Crippen molar-refractivity contribution < 1.29 is 14.5 Å². The third-order valence-corrected chi connectivity index (χ3v) is 3.58. The minimum absolute atomic E-state index is 0.0762. The van der Waals surface area contributed by atoms with Gasteiger partial charge in [-0.15, -0.1) is 0 Å². The molecular weight excluding hydrogens is 284 g/mol. The van der Waals surface area contributed by atoms with E-state index in [2.05, 4.69) is 0 Å². The van der Waals surface area contributed by atoms with E-state index in [9.17, 15) is 14.9 Å². The van der Waals surface area contributed by atoms with Gasteiger partial charge in [0.1, 0.15) is 11.3 Å². The van der Waals surface area contributed by atoms with Crippen LogP contribution in [0.1, 0.15) is 33.6 Å². The van der Waals surface area contributed by atoms with E-state index >= 15 is 0 Å². The molecule has 0 aliphatic carbocycles. The molecule has 1 aliphatic heterocycles. The Hall–Kier alpha value is -2.11. The molecule has 0 aromatic heterocycles. The number of carbonyl (C=O) groups excluding carboxylic acids is 1. The minimum atomic E-state index is -0.516. The summed E-state index contributed by atoms with van der Waals surface area (Å²) < 4.78 is 5.44. The van der Waals surface area contributed by atoms with Crippen LogP contribution < -0.4 is 4.90 Å². The monoisotopic (exact) mass is 306 g/mol. The molecule has 22 heavy (non-hydrogen) atoms. The number of nitrogens with zero attached hydrogens (tertiary/aromatic N) is 2. The Kier molecular flexibility index (Phi) is 4.68. The predicted octanol–water partition coefficient (Wildman–Crippen LogP) is 3.15. The van der Waals surface area contributed by atoms with Crippen molar-refractivity contribution in [2.24, 2.45) is 5.92 Å². The van der Waals surface area contributed by atoms with Crippen molar-refractivity contribution >= 4 is 17.3 Å². The molecule has 1 aliphatic rings. The molecule has 1 heterocycles. The van der Waals surface area contributed by atoms with Gasteiger partial charge in [-0.1, -0.05) is 12.1 Å². The standard InChI is InChI=1S/C16H22N2O4/c1-16(2,3)22-15(19)12-7-6-10-17(11-12)13-8-4-5-9-14(13)18(20)21/h4-5,8-9,12H,6-7,10-11H2,1-3H3. The quantitative estimate of drug-likeness (QED) is 0.487. The van der Waals surface area contributed by atoms with Crippen molar-refractivity contribution in [3.8, 4) is 0 Å². The van der Waals surface area contributed by atoms with Gasteiger partial charge in [0.15, 0.2) is 0 Å². The fraction of sp³-hybridized carbons (Fsp3) is 0.562. The zero-order valence-corrected chi connectivity index (χ0v) is 13.2. The molecule has 2 rings (SSSR count). The lowest BCUT2D eigenvalue weighted by Gasteiger charge is -2.34. The molecule has 0 N–H and O–H groups in total. The van der Waals surface area contributed by atoms with Crippen LogP contribution in [0.25, 0.3) is 0 Å². The van der Waals surface area contributed by atoms with Gasteiger partial charge in [-0.25, -0.2) is 0 Å². The Labute approximate surface area is 130 Å². The lowest BCUT2D eigenvalue weighted by Crippen LogP contribution is -2.41. The average Bonchev–Trinajstić information content (AvgIpc) is 2.45. The summed E-state index contributed by atoms with van der Waals surface area (Å²) in [6.45, 7) is 6.69. The van der Waals surface area contributed by atoms with Crippen molar-refractivity contribution in [1.29, 1.82) is 0 Å². The van der Waals surface area contributed by atoms with Gasteiger partial charge >= 0.3 is 5.97 Å². The lowest BCUT2D eigenvalue weighted by molar-refractivity contribution is -0.384. The van der Waals surface area contributed by atoms with Crippen LogP contribution in [-0.2, 0) is 9.53 Å². The number of nitro groups is 1. The van der Waals surface area contributed by atoms with E-state index < -0.39 is 5.60 Å². The molecule has 1 atom stereocenters. The summed E-state index contributed by atoms with van der Waals surface area (Å²) in [5, 5.41) is 11.2. The topological polar surface area (TPSA) is 72.7 Å². The number of hydrogen-bond acceptors (Lipinski definition) is 5. The Morgan fingerprint density at radius 1 is 1.36 bits per heavy atom. The van der Waals surface area contributed by atoms with Crippen molar-refractivity contribution in [2.75, 3.05) is 18.0 Å². The summed E-state index contributed by atoms with van der Waals surface area (Å²) in [4.78, 5) is 24.9. The number of piperidine rings is 1. The average molecular weight is 306 g/mol. The number of rotatable bonds is 3. The number of para-hydroxylation sites is 2. The minimum Gasteiger partial charge on any atom is -0.460 e. The molecular formula is C16H22N2O4. The number of anilines is 1. The lowest BCUT2D eigenvalue weighted by atomic mass is 9.97. The van der Waals surface area contributed by atoms with Crippen molar-refractivity contribution in [2.45, 2.75) is 39.2 Å². The number of nitro benzene ring substituents is 1. The van der Waals surface area contributed by atoms with Gasteiger partial charge in [-0.2, -0.15) is 0 Å². The van der Waals surface area contributed by atoms with Crippen molar-refractivity contribution in [1.82, 2.24) is 0 Å². The first-order valence-electron chi connectivity index (χ1n) is 7.49. The molecule has 0 bridgehead atoms. The normalized spacial score (nSPS) is 18.9. The van der Waals surface area contributed by atoms with Crippen LogP contribution in [0, 0.1) is 16.0 Å². The summed E-state index contributed by atoms with van der Waals surface area (Å²) >= 11 is 0. The second kappa shape index (κ2) is 6.34. The third-order valence-electron chi connectivity index (χ3n) is 3.58. The van der Waals surface area contributed by atoms with Gasteiger partial charge in [0, 0.05) is 19.2 Å². The first-order valence-corrected chi connectivity index (χ1v) is 7.49. The highest BCUT2D eigenvalue weighted by Crippen LogP contribution is 2.31. The number of hydrogen-bond donors (Lipinski definition) is 0. The maximum Gasteiger partial charge on any atom is 0.311 e. The summed E-state index contributed by atoms with van der Waals surface area (Å²) in [5.41, 5.74) is 0.131. The maximum absolute atomic E-state index is 12.2. The fourth-order valence-electron chi connectivity index (χ4n) is 2.66. The Bertz CT molecular complexity index is 566. The van der Waals surface area contributed by atoms with Gasteiger partial charge in [-0.3, -0.25) is 14.9 Å². The molecule has 0 spiro atoms. The van der Waals surface area contributed by atoms with E-state index in [4.69, 9.17) is 4.74 Å². The second-order valence-electron chi connectivity index (χ2n) is 6.56. The molecule has 1 unspecified atom stereocenters. The second-order valence-corrected chi connectivity index (χ2v) is 6.56. The van der Waals surface area contributed by atoms with Crippen LogP contribution in [0.4, 0.5) is 11.4 Å². The molecule has 1 saturated heterocycles. The number of ether oxygens (including phenoxy) is 1. The van der Waals surface area contributed by atoms with Crippen molar-refractivity contribution in [3.05, 3.63) is 34.4 Å². The number of carbonyl (C=O) groups is 1. The van der Waals surface area contributed by atoms with Crippen LogP contribution in [0.5, 0.6) is 0 Å².